The maximum atomic E-state index is 6.68. The Morgan fingerprint density at radius 1 is 0.338 bits per heavy atom. The van der Waals surface area contributed by atoms with Crippen LogP contribution in [0.3, 0.4) is 0 Å². The Kier molecular flexibility index (Phi) is 7.59. The van der Waals surface area contributed by atoms with E-state index in [1.165, 1.54) is 32.3 Å². The minimum Gasteiger partial charge on any atom is -0.456 e. The molecule has 10 aromatic carbocycles. The van der Waals surface area contributed by atoms with Gasteiger partial charge in [0.1, 0.15) is 11.2 Å². The number of hydrogen-bond acceptors (Lipinski definition) is 4. The number of hydrogen-bond donors (Lipinski definition) is 0. The third-order valence-corrected chi connectivity index (χ3v) is 13.1. The Labute approximate surface area is 371 Å². The molecule has 0 aliphatic rings. The molecule has 14 aromatic rings. The first-order chi connectivity index (χ1) is 32.2. The molecule has 0 spiro atoms. The van der Waals surface area contributed by atoms with Crippen molar-refractivity contribution in [2.24, 2.45) is 0 Å². The number of benzene rings is 10. The zero-order chi connectivity index (χ0) is 42.6. The van der Waals surface area contributed by atoms with E-state index >= 15 is 0 Å². The van der Waals surface area contributed by atoms with Gasteiger partial charge in [0.05, 0.1) is 27.8 Å². The van der Waals surface area contributed by atoms with Crippen molar-refractivity contribution in [2.45, 2.75) is 0 Å². The second kappa shape index (κ2) is 13.8. The maximum Gasteiger partial charge on any atom is 0.166 e. The summed E-state index contributed by atoms with van der Waals surface area (Å²) < 4.78 is 11.4. The molecule has 65 heavy (non-hydrogen) atoms. The predicted molar refractivity (Wildman–Crippen MR) is 267 cm³/mol. The highest BCUT2D eigenvalue weighted by atomic mass is 16.3. The van der Waals surface area contributed by atoms with Crippen LogP contribution in [0.15, 0.2) is 217 Å². The monoisotopic (exact) mass is 829 g/mol. The molecule has 4 heterocycles. The Bertz CT molecular complexity index is 4240. The van der Waals surface area contributed by atoms with E-state index < -0.39 is 0 Å². The van der Waals surface area contributed by atoms with Gasteiger partial charge in [-0.25, -0.2) is 15.0 Å². The van der Waals surface area contributed by atoms with E-state index in [0.29, 0.717) is 17.5 Å². The van der Waals surface area contributed by atoms with Gasteiger partial charge < -0.3 is 13.6 Å². The van der Waals surface area contributed by atoms with E-state index in [9.17, 15) is 0 Å². The minimum atomic E-state index is 0.544. The van der Waals surface area contributed by atoms with Gasteiger partial charge in [-0.3, -0.25) is 0 Å². The van der Waals surface area contributed by atoms with Crippen LogP contribution in [-0.4, -0.2) is 24.1 Å². The minimum absolute atomic E-state index is 0.544. The lowest BCUT2D eigenvalue weighted by molar-refractivity contribution is 0.669. The standard InChI is InChI=1S/C59H35N5O/c1-3-17-37(18-4-1)57-60-58(45-27-15-26-44-42-24-11-13-28-49(42)63(56(44)45)40-21-5-2-6-22-40)62-59(61-57)48-35-54-46(43-25-12-14-29-53(43)65-54)34-52(48)64-50-31-30-36-16-9-10-23-41(36)55(50)47-32-38-19-7-8-20-39(38)33-51(47)64/h1-35H. The molecule has 0 radical (unpaired) electrons. The fourth-order valence-corrected chi connectivity index (χ4v) is 10.2. The number of nitrogens with zero attached hydrogens (tertiary/aromatic N) is 5. The van der Waals surface area contributed by atoms with Crippen LogP contribution >= 0.6 is 0 Å². The summed E-state index contributed by atoms with van der Waals surface area (Å²) in [5, 5.41) is 11.5. The van der Waals surface area contributed by atoms with Gasteiger partial charge in [-0.05, 0) is 82.2 Å². The molecule has 14 rings (SSSR count). The zero-order valence-corrected chi connectivity index (χ0v) is 34.9. The third-order valence-electron chi connectivity index (χ3n) is 13.1. The van der Waals surface area contributed by atoms with Crippen molar-refractivity contribution in [3.8, 4) is 45.5 Å². The number of para-hydroxylation sites is 4. The molecule has 6 heteroatoms. The molecule has 0 unspecified atom stereocenters. The molecule has 0 bridgehead atoms. The number of aromatic nitrogens is 5. The van der Waals surface area contributed by atoms with E-state index in [4.69, 9.17) is 19.4 Å². The summed E-state index contributed by atoms with van der Waals surface area (Å²) in [6.45, 7) is 0. The molecule has 0 saturated carbocycles. The topological polar surface area (TPSA) is 61.7 Å². The highest BCUT2D eigenvalue weighted by molar-refractivity contribution is 6.24. The van der Waals surface area contributed by atoms with E-state index in [0.717, 1.165) is 82.8 Å². The molecular weight excluding hydrogens is 795 g/mol. The summed E-state index contributed by atoms with van der Waals surface area (Å²) in [7, 11) is 0. The normalized spacial score (nSPS) is 12.0. The van der Waals surface area contributed by atoms with Gasteiger partial charge in [0.25, 0.3) is 0 Å². The molecule has 0 atom stereocenters. The van der Waals surface area contributed by atoms with Crippen LogP contribution in [0.1, 0.15) is 0 Å². The molecule has 6 nitrogen and oxygen atoms in total. The van der Waals surface area contributed by atoms with Gasteiger partial charge in [-0.2, -0.15) is 0 Å². The van der Waals surface area contributed by atoms with Crippen LogP contribution in [0, 0.1) is 0 Å². The SMILES string of the molecule is c1ccc(-c2nc(-c3cc4oc5ccccc5c4cc3-n3c4cc5ccccc5cc4c4c5ccccc5ccc43)nc(-c3cccc4c5ccccc5n(-c5ccccc5)c34)n2)cc1. The second-order valence-electron chi connectivity index (χ2n) is 16.8. The summed E-state index contributed by atoms with van der Waals surface area (Å²) in [6.07, 6.45) is 0. The summed E-state index contributed by atoms with van der Waals surface area (Å²) in [4.78, 5) is 16.3. The highest BCUT2D eigenvalue weighted by Crippen LogP contribution is 2.44. The number of furan rings is 1. The highest BCUT2D eigenvalue weighted by Gasteiger charge is 2.25. The molecule has 0 N–H and O–H groups in total. The average Bonchev–Trinajstić information content (AvgIpc) is 4.03. The first-order valence-corrected chi connectivity index (χ1v) is 21.9. The largest absolute Gasteiger partial charge is 0.456 e. The fraction of sp³-hybridized carbons (Fsp3) is 0. The number of rotatable bonds is 5. The Morgan fingerprint density at radius 3 is 1.82 bits per heavy atom. The second-order valence-corrected chi connectivity index (χ2v) is 16.8. The van der Waals surface area contributed by atoms with Crippen LogP contribution in [0.4, 0.5) is 0 Å². The summed E-state index contributed by atoms with van der Waals surface area (Å²) in [5.41, 5.74) is 10.6. The fourth-order valence-electron chi connectivity index (χ4n) is 10.2. The Balaban J connectivity index is 1.13. The van der Waals surface area contributed by atoms with Crippen molar-refractivity contribution in [3.05, 3.63) is 212 Å². The van der Waals surface area contributed by atoms with Crippen LogP contribution in [0.5, 0.6) is 0 Å². The lowest BCUT2D eigenvalue weighted by Gasteiger charge is -2.16. The van der Waals surface area contributed by atoms with Crippen molar-refractivity contribution < 1.29 is 4.42 Å². The van der Waals surface area contributed by atoms with Gasteiger partial charge in [-0.15, -0.1) is 0 Å². The lowest BCUT2D eigenvalue weighted by atomic mass is 10.0. The van der Waals surface area contributed by atoms with Gasteiger partial charge in [0, 0.05) is 54.7 Å². The molecular formula is C59H35N5O. The Morgan fingerprint density at radius 2 is 0.985 bits per heavy atom. The quantitative estimate of drug-likeness (QED) is 0.173. The van der Waals surface area contributed by atoms with Crippen LogP contribution in [0.2, 0.25) is 0 Å². The van der Waals surface area contributed by atoms with Crippen molar-refractivity contribution in [1.82, 2.24) is 24.1 Å². The van der Waals surface area contributed by atoms with Crippen molar-refractivity contribution in [3.63, 3.8) is 0 Å². The van der Waals surface area contributed by atoms with Crippen LogP contribution in [0.25, 0.3) is 133 Å². The smallest absolute Gasteiger partial charge is 0.166 e. The van der Waals surface area contributed by atoms with Crippen molar-refractivity contribution in [2.75, 3.05) is 0 Å². The molecule has 0 fully saturated rings. The van der Waals surface area contributed by atoms with Gasteiger partial charge in [0.2, 0.25) is 0 Å². The first-order valence-electron chi connectivity index (χ1n) is 21.9. The van der Waals surface area contributed by atoms with Crippen molar-refractivity contribution >= 4 is 87.1 Å². The van der Waals surface area contributed by atoms with Gasteiger partial charge in [-0.1, -0.05) is 152 Å². The summed E-state index contributed by atoms with van der Waals surface area (Å²) in [5.74, 6) is 1.70. The third kappa shape index (κ3) is 5.38. The molecule has 4 aromatic heterocycles. The van der Waals surface area contributed by atoms with E-state index in [1.807, 2.05) is 30.3 Å². The molecule has 302 valence electrons. The number of fused-ring (bicyclic) bond motifs is 12. The first kappa shape index (κ1) is 35.7. The molecule has 0 amide bonds. The predicted octanol–water partition coefficient (Wildman–Crippen LogP) is 15.3. The van der Waals surface area contributed by atoms with Crippen LogP contribution < -0.4 is 0 Å². The molecule has 0 aliphatic carbocycles. The molecule has 0 saturated heterocycles. The lowest BCUT2D eigenvalue weighted by Crippen LogP contribution is -2.04. The zero-order valence-electron chi connectivity index (χ0n) is 34.9. The average molecular weight is 830 g/mol. The molecule has 0 aliphatic heterocycles. The van der Waals surface area contributed by atoms with Crippen LogP contribution in [-0.2, 0) is 0 Å². The van der Waals surface area contributed by atoms with E-state index in [1.54, 1.807) is 0 Å². The van der Waals surface area contributed by atoms with Gasteiger partial charge >= 0.3 is 0 Å². The van der Waals surface area contributed by atoms with Gasteiger partial charge in [0.15, 0.2) is 17.5 Å². The summed E-state index contributed by atoms with van der Waals surface area (Å²) in [6, 6.07) is 75.0. The summed E-state index contributed by atoms with van der Waals surface area (Å²) >= 11 is 0. The Hall–Kier alpha value is -8.87. The maximum absolute atomic E-state index is 6.68. The van der Waals surface area contributed by atoms with Crippen molar-refractivity contribution in [1.29, 1.82) is 0 Å². The van der Waals surface area contributed by atoms with E-state index in [2.05, 4.69) is 191 Å². The van der Waals surface area contributed by atoms with E-state index in [-0.39, 0.29) is 0 Å².